The van der Waals surface area contributed by atoms with Gasteiger partial charge < -0.3 is 16.4 Å². The molecule has 0 saturated heterocycles. The normalized spacial score (nSPS) is 11.9. The summed E-state index contributed by atoms with van der Waals surface area (Å²) < 4.78 is 0. The minimum atomic E-state index is -0.208. The lowest BCUT2D eigenvalue weighted by Crippen LogP contribution is -2.40. The summed E-state index contributed by atoms with van der Waals surface area (Å²) in [6, 6.07) is 0. The zero-order valence-electron chi connectivity index (χ0n) is 8.09. The summed E-state index contributed by atoms with van der Waals surface area (Å²) in [6.45, 7) is 2.22. The number of nitrogens with two attached hydrogens (primary N) is 1. The van der Waals surface area contributed by atoms with Gasteiger partial charge in [-0.15, -0.1) is 0 Å². The molecule has 0 aromatic rings. The largest absolute Gasteiger partial charge is 0.358 e. The van der Waals surface area contributed by atoms with Gasteiger partial charge in [0.05, 0.1) is 6.54 Å². The van der Waals surface area contributed by atoms with E-state index in [0.29, 0.717) is 13.0 Å². The number of amides is 2. The Morgan fingerprint density at radius 1 is 1.46 bits per heavy atom. The minimum absolute atomic E-state index is 0.0197. The van der Waals surface area contributed by atoms with Crippen molar-refractivity contribution in [3.05, 3.63) is 0 Å². The van der Waals surface area contributed by atoms with Gasteiger partial charge in [0, 0.05) is 19.5 Å². The molecule has 0 aromatic carbocycles. The minimum Gasteiger partial charge on any atom is -0.358 e. The maximum atomic E-state index is 11.3. The lowest BCUT2D eigenvalue weighted by atomic mass is 10.1. The Kier molecular flexibility index (Phi) is 5.88. The van der Waals surface area contributed by atoms with Crippen molar-refractivity contribution >= 4 is 11.8 Å². The molecule has 0 bridgehead atoms. The quantitative estimate of drug-likeness (QED) is 0.507. The summed E-state index contributed by atoms with van der Waals surface area (Å²) in [7, 11) is 1.52. The van der Waals surface area contributed by atoms with Crippen LogP contribution >= 0.6 is 0 Å². The molecule has 0 aliphatic heterocycles. The number of hydrogen-bond donors (Lipinski definition) is 3. The van der Waals surface area contributed by atoms with Crippen LogP contribution in [-0.4, -0.2) is 32.0 Å². The summed E-state index contributed by atoms with van der Waals surface area (Å²) >= 11 is 0. The van der Waals surface area contributed by atoms with Gasteiger partial charge in [-0.3, -0.25) is 9.59 Å². The van der Waals surface area contributed by atoms with Crippen LogP contribution in [-0.2, 0) is 9.59 Å². The summed E-state index contributed by atoms with van der Waals surface area (Å²) in [6.07, 6.45) is 0.691. The third kappa shape index (κ3) is 4.47. The summed E-state index contributed by atoms with van der Waals surface area (Å²) in [5.41, 5.74) is 5.36. The second-order valence-corrected chi connectivity index (χ2v) is 2.73. The third-order valence-corrected chi connectivity index (χ3v) is 1.85. The number of likely N-dealkylation sites (N-methyl/N-ethyl adjacent to an activating group) is 1. The van der Waals surface area contributed by atoms with Crippen LogP contribution in [0.15, 0.2) is 0 Å². The highest BCUT2D eigenvalue weighted by molar-refractivity contribution is 5.85. The van der Waals surface area contributed by atoms with Gasteiger partial charge in [-0.2, -0.15) is 0 Å². The maximum Gasteiger partial charge on any atom is 0.239 e. The Balaban J connectivity index is 3.79. The second kappa shape index (κ2) is 6.42. The van der Waals surface area contributed by atoms with Crippen LogP contribution in [0, 0.1) is 5.92 Å². The molecule has 2 amide bonds. The van der Waals surface area contributed by atoms with Crippen molar-refractivity contribution in [1.29, 1.82) is 0 Å². The van der Waals surface area contributed by atoms with Crippen molar-refractivity contribution in [2.75, 3.05) is 20.1 Å². The summed E-state index contributed by atoms with van der Waals surface area (Å²) in [5.74, 6) is -0.557. The van der Waals surface area contributed by atoms with Crippen LogP contribution in [0.5, 0.6) is 0 Å². The molecule has 4 N–H and O–H groups in total. The standard InChI is InChI=1S/C8H17N3O2/c1-3-6(4-9)8(13)11-5-7(12)10-2/h6H,3-5,9H2,1-2H3,(H,10,12)(H,11,13). The maximum absolute atomic E-state index is 11.3. The lowest BCUT2D eigenvalue weighted by molar-refractivity contribution is -0.128. The Morgan fingerprint density at radius 2 is 2.08 bits per heavy atom. The molecule has 0 heterocycles. The Labute approximate surface area is 78.1 Å². The first-order valence-electron chi connectivity index (χ1n) is 4.34. The SMILES string of the molecule is CCC(CN)C(=O)NCC(=O)NC. The molecule has 5 nitrogen and oxygen atoms in total. The molecule has 0 aliphatic carbocycles. The number of carbonyl (C=O) groups excluding carboxylic acids is 2. The van der Waals surface area contributed by atoms with E-state index in [1.165, 1.54) is 7.05 Å². The highest BCUT2D eigenvalue weighted by Gasteiger charge is 2.14. The van der Waals surface area contributed by atoms with E-state index in [9.17, 15) is 9.59 Å². The summed E-state index contributed by atoms with van der Waals surface area (Å²) in [5, 5.41) is 4.91. The van der Waals surface area contributed by atoms with E-state index < -0.39 is 0 Å². The number of carbonyl (C=O) groups is 2. The van der Waals surface area contributed by atoms with Crippen molar-refractivity contribution in [3.8, 4) is 0 Å². The molecule has 1 atom stereocenters. The van der Waals surface area contributed by atoms with Crippen molar-refractivity contribution in [1.82, 2.24) is 10.6 Å². The first-order chi connectivity index (χ1) is 6.15. The zero-order valence-corrected chi connectivity index (χ0v) is 8.09. The van der Waals surface area contributed by atoms with E-state index in [2.05, 4.69) is 10.6 Å². The first kappa shape index (κ1) is 11.9. The van der Waals surface area contributed by atoms with Crippen molar-refractivity contribution < 1.29 is 9.59 Å². The Morgan fingerprint density at radius 3 is 2.46 bits per heavy atom. The van der Waals surface area contributed by atoms with Gasteiger partial charge >= 0.3 is 0 Å². The highest BCUT2D eigenvalue weighted by Crippen LogP contribution is 1.98. The average molecular weight is 187 g/mol. The second-order valence-electron chi connectivity index (χ2n) is 2.73. The van der Waals surface area contributed by atoms with Gasteiger partial charge in [-0.1, -0.05) is 6.92 Å². The summed E-state index contributed by atoms with van der Waals surface area (Å²) in [4.78, 5) is 22.0. The van der Waals surface area contributed by atoms with E-state index in [4.69, 9.17) is 5.73 Å². The monoisotopic (exact) mass is 187 g/mol. The van der Waals surface area contributed by atoms with Crippen LogP contribution in [0.25, 0.3) is 0 Å². The van der Waals surface area contributed by atoms with Crippen LogP contribution in [0.2, 0.25) is 0 Å². The molecule has 0 aliphatic rings. The van der Waals surface area contributed by atoms with Gasteiger partial charge in [0.1, 0.15) is 0 Å². The van der Waals surface area contributed by atoms with Gasteiger partial charge in [0.25, 0.3) is 0 Å². The molecule has 5 heteroatoms. The van der Waals surface area contributed by atoms with Crippen LogP contribution in [0.3, 0.4) is 0 Å². The Bertz CT molecular complexity index is 178. The molecule has 0 spiro atoms. The zero-order chi connectivity index (χ0) is 10.3. The van der Waals surface area contributed by atoms with Gasteiger partial charge in [0.2, 0.25) is 11.8 Å². The average Bonchev–Trinajstić information content (AvgIpc) is 2.16. The van der Waals surface area contributed by atoms with E-state index in [1.54, 1.807) is 0 Å². The van der Waals surface area contributed by atoms with E-state index in [1.807, 2.05) is 6.92 Å². The molecule has 0 radical (unpaired) electrons. The van der Waals surface area contributed by atoms with Gasteiger partial charge in [-0.25, -0.2) is 0 Å². The topological polar surface area (TPSA) is 84.2 Å². The fourth-order valence-corrected chi connectivity index (χ4v) is 0.859. The third-order valence-electron chi connectivity index (χ3n) is 1.85. The first-order valence-corrected chi connectivity index (χ1v) is 4.34. The highest BCUT2D eigenvalue weighted by atomic mass is 16.2. The smallest absolute Gasteiger partial charge is 0.239 e. The molecule has 0 aromatic heterocycles. The number of nitrogens with one attached hydrogen (secondary N) is 2. The van der Waals surface area contributed by atoms with Crippen LogP contribution < -0.4 is 16.4 Å². The predicted molar refractivity (Wildman–Crippen MR) is 49.9 cm³/mol. The fraction of sp³-hybridized carbons (Fsp3) is 0.750. The van der Waals surface area contributed by atoms with Crippen molar-refractivity contribution in [2.24, 2.45) is 11.7 Å². The van der Waals surface area contributed by atoms with Gasteiger partial charge in [-0.05, 0) is 6.42 Å². The molecular weight excluding hydrogens is 170 g/mol. The molecule has 0 saturated carbocycles. The van der Waals surface area contributed by atoms with Gasteiger partial charge in [0.15, 0.2) is 0 Å². The van der Waals surface area contributed by atoms with Crippen molar-refractivity contribution in [2.45, 2.75) is 13.3 Å². The molecular formula is C8H17N3O2. The van der Waals surface area contributed by atoms with Crippen molar-refractivity contribution in [3.63, 3.8) is 0 Å². The van der Waals surface area contributed by atoms with E-state index in [0.717, 1.165) is 0 Å². The fourth-order valence-electron chi connectivity index (χ4n) is 0.859. The van der Waals surface area contributed by atoms with Crippen LogP contribution in [0.1, 0.15) is 13.3 Å². The van der Waals surface area contributed by atoms with E-state index >= 15 is 0 Å². The number of hydrogen-bond acceptors (Lipinski definition) is 3. The van der Waals surface area contributed by atoms with E-state index in [-0.39, 0.29) is 24.3 Å². The Hall–Kier alpha value is -1.10. The number of rotatable bonds is 5. The molecule has 0 fully saturated rings. The van der Waals surface area contributed by atoms with Crippen LogP contribution in [0.4, 0.5) is 0 Å². The molecule has 0 rings (SSSR count). The molecule has 13 heavy (non-hydrogen) atoms. The lowest BCUT2D eigenvalue weighted by Gasteiger charge is -2.11. The molecule has 1 unspecified atom stereocenters. The molecule has 76 valence electrons. The predicted octanol–water partition coefficient (Wildman–Crippen LogP) is -1.17.